The molecule has 0 heterocycles. The van der Waals surface area contributed by atoms with Crippen molar-refractivity contribution in [2.75, 3.05) is 64.5 Å². The molecule has 7 heteroatoms. The number of rotatable bonds is 16. The maximum absolute atomic E-state index is 6.04. The Morgan fingerprint density at radius 1 is 0.512 bits per heavy atom. The van der Waals surface area contributed by atoms with Crippen molar-refractivity contribution in [3.05, 3.63) is 108 Å². The predicted molar refractivity (Wildman–Crippen MR) is 165 cm³/mol. The first-order valence-corrected chi connectivity index (χ1v) is 13.8. The van der Waals surface area contributed by atoms with Crippen molar-refractivity contribution in [1.29, 1.82) is 0 Å². The van der Waals surface area contributed by atoms with Crippen molar-refractivity contribution in [1.82, 2.24) is 0 Å². The van der Waals surface area contributed by atoms with E-state index in [1.54, 1.807) is 14.2 Å². The van der Waals surface area contributed by atoms with Gasteiger partial charge in [0, 0.05) is 50.7 Å². The Bertz CT molecular complexity index is 1360. The van der Waals surface area contributed by atoms with Crippen LogP contribution in [0.4, 0.5) is 11.4 Å². The van der Waals surface area contributed by atoms with Crippen molar-refractivity contribution in [2.45, 2.75) is 13.1 Å². The lowest BCUT2D eigenvalue weighted by molar-refractivity contribution is 0.0764. The van der Waals surface area contributed by atoms with Gasteiger partial charge in [-0.15, -0.1) is 0 Å². The molecule has 4 rings (SSSR count). The second kappa shape index (κ2) is 15.4. The topological polar surface area (TPSA) is 52.6 Å². The minimum absolute atomic E-state index is 0.448. The predicted octanol–water partition coefficient (Wildman–Crippen LogP) is 6.45. The van der Waals surface area contributed by atoms with Gasteiger partial charge < -0.3 is 33.5 Å². The van der Waals surface area contributed by atoms with Crippen LogP contribution in [-0.4, -0.2) is 54.7 Å². The van der Waals surface area contributed by atoms with Crippen LogP contribution in [-0.2, 0) is 17.8 Å². The van der Waals surface area contributed by atoms with Crippen molar-refractivity contribution >= 4 is 11.4 Å². The Kier molecular flexibility index (Phi) is 11.1. The Hall–Kier alpha value is -4.36. The second-order valence-corrected chi connectivity index (χ2v) is 9.76. The van der Waals surface area contributed by atoms with E-state index >= 15 is 0 Å². The van der Waals surface area contributed by atoms with Gasteiger partial charge in [-0.1, -0.05) is 36.4 Å². The van der Waals surface area contributed by atoms with Crippen LogP contribution in [0, 0.1) is 0 Å². The zero-order valence-electron chi connectivity index (χ0n) is 24.4. The lowest BCUT2D eigenvalue weighted by Crippen LogP contribution is -2.22. The van der Waals surface area contributed by atoms with Gasteiger partial charge in [-0.3, -0.25) is 0 Å². The zero-order valence-corrected chi connectivity index (χ0v) is 24.4. The molecule has 0 saturated carbocycles. The molecule has 0 N–H and O–H groups in total. The fourth-order valence-corrected chi connectivity index (χ4v) is 4.38. The molecule has 0 radical (unpaired) electrons. The van der Waals surface area contributed by atoms with E-state index in [9.17, 15) is 0 Å². The molecule has 0 aliphatic heterocycles. The third-order valence-corrected chi connectivity index (χ3v) is 6.52. The van der Waals surface area contributed by atoms with E-state index in [0.717, 1.165) is 41.8 Å². The first-order chi connectivity index (χ1) is 20.0. The third kappa shape index (κ3) is 9.36. The van der Waals surface area contributed by atoms with Crippen molar-refractivity contribution in [3.8, 4) is 23.0 Å². The average molecular weight is 557 g/mol. The van der Waals surface area contributed by atoms with Crippen LogP contribution in [0.2, 0.25) is 0 Å². The molecule has 0 spiro atoms. The molecule has 0 atom stereocenters. The highest BCUT2D eigenvalue weighted by Gasteiger charge is 2.12. The molecular formula is C34H40N2O5. The highest BCUT2D eigenvalue weighted by molar-refractivity contribution is 5.53. The average Bonchev–Trinajstić information content (AvgIpc) is 3.00. The lowest BCUT2D eigenvalue weighted by atomic mass is 10.1. The summed E-state index contributed by atoms with van der Waals surface area (Å²) in [5.74, 6) is 3.18. The minimum Gasteiger partial charge on any atom is -0.497 e. The lowest BCUT2D eigenvalue weighted by Gasteiger charge is -2.26. The van der Waals surface area contributed by atoms with Crippen LogP contribution in [0.15, 0.2) is 97.1 Å². The summed E-state index contributed by atoms with van der Waals surface area (Å²) >= 11 is 0. The van der Waals surface area contributed by atoms with Gasteiger partial charge in [0.1, 0.15) is 36.2 Å². The fraction of sp³-hybridized carbons (Fsp3) is 0.294. The number of hydrogen-bond acceptors (Lipinski definition) is 7. The highest BCUT2D eigenvalue weighted by Crippen LogP contribution is 2.27. The van der Waals surface area contributed by atoms with Gasteiger partial charge in [0.15, 0.2) is 0 Å². The summed E-state index contributed by atoms with van der Waals surface area (Å²) in [6, 6.07) is 32.6. The maximum Gasteiger partial charge on any atom is 0.123 e. The van der Waals surface area contributed by atoms with Crippen LogP contribution in [0.3, 0.4) is 0 Å². The smallest absolute Gasteiger partial charge is 0.123 e. The van der Waals surface area contributed by atoms with Crippen molar-refractivity contribution < 1.29 is 23.7 Å². The first kappa shape index (κ1) is 29.6. The largest absolute Gasteiger partial charge is 0.497 e. The molecule has 0 fully saturated rings. The molecule has 0 aliphatic rings. The zero-order chi connectivity index (χ0) is 28.9. The molecule has 0 saturated heterocycles. The Labute approximate surface area is 243 Å². The maximum atomic E-state index is 6.04. The quantitative estimate of drug-likeness (QED) is 0.147. The molecular weight excluding hydrogens is 516 g/mol. The molecule has 0 aromatic heterocycles. The number of anilines is 2. The van der Waals surface area contributed by atoms with E-state index < -0.39 is 0 Å². The third-order valence-electron chi connectivity index (χ3n) is 6.52. The van der Waals surface area contributed by atoms with E-state index in [1.165, 1.54) is 16.8 Å². The number of nitrogens with zero attached hydrogens (tertiary/aromatic N) is 2. The molecule has 41 heavy (non-hydrogen) atoms. The van der Waals surface area contributed by atoms with Crippen LogP contribution in [0.1, 0.15) is 11.1 Å². The van der Waals surface area contributed by atoms with E-state index in [4.69, 9.17) is 23.7 Å². The first-order valence-electron chi connectivity index (χ1n) is 13.8. The normalized spacial score (nSPS) is 10.6. The molecule has 0 amide bonds. The number of ether oxygens (including phenoxy) is 5. The van der Waals surface area contributed by atoms with Crippen LogP contribution < -0.4 is 28.7 Å². The van der Waals surface area contributed by atoms with Gasteiger partial charge in [-0.25, -0.2) is 0 Å². The van der Waals surface area contributed by atoms with Crippen LogP contribution in [0.25, 0.3) is 0 Å². The Morgan fingerprint density at radius 3 is 1.68 bits per heavy atom. The van der Waals surface area contributed by atoms with Gasteiger partial charge in [-0.05, 0) is 59.7 Å². The van der Waals surface area contributed by atoms with Crippen LogP contribution in [0.5, 0.6) is 23.0 Å². The molecule has 216 valence electrons. The summed E-state index contributed by atoms with van der Waals surface area (Å²) < 4.78 is 28.2. The standard InChI is InChI=1S/C34H40N2O5/c1-35(2)29-11-5-9-27(21-29)25-36(26-28-10-6-13-31(22-28)37-3)30-12-7-15-33(23-30)40-19-17-39-18-20-41-34-16-8-14-32(24-34)38-4/h5-16,21-24H,17-20,25-26H2,1-4H3. The highest BCUT2D eigenvalue weighted by atomic mass is 16.5. The van der Waals surface area contributed by atoms with E-state index in [1.807, 2.05) is 48.5 Å². The van der Waals surface area contributed by atoms with E-state index in [2.05, 4.69) is 72.4 Å². The number of benzene rings is 4. The summed E-state index contributed by atoms with van der Waals surface area (Å²) in [5, 5.41) is 0. The van der Waals surface area contributed by atoms with E-state index in [-0.39, 0.29) is 0 Å². The number of methoxy groups -OCH3 is 2. The van der Waals surface area contributed by atoms with Crippen LogP contribution >= 0.6 is 0 Å². The van der Waals surface area contributed by atoms with Crippen molar-refractivity contribution in [2.24, 2.45) is 0 Å². The summed E-state index contributed by atoms with van der Waals surface area (Å²) in [7, 11) is 7.46. The van der Waals surface area contributed by atoms with Gasteiger partial charge in [0.2, 0.25) is 0 Å². The molecule has 0 unspecified atom stereocenters. The SMILES string of the molecule is COc1cccc(CN(Cc2cccc(N(C)C)c2)c2cccc(OCCOCCOc3cccc(OC)c3)c2)c1. The van der Waals surface area contributed by atoms with Crippen molar-refractivity contribution in [3.63, 3.8) is 0 Å². The summed E-state index contributed by atoms with van der Waals surface area (Å²) in [5.41, 5.74) is 4.65. The van der Waals surface area contributed by atoms with E-state index in [0.29, 0.717) is 26.4 Å². The molecule has 0 aliphatic carbocycles. The number of hydrogen-bond donors (Lipinski definition) is 0. The van der Waals surface area contributed by atoms with Gasteiger partial charge in [0.05, 0.1) is 27.4 Å². The second-order valence-electron chi connectivity index (χ2n) is 9.76. The summed E-state index contributed by atoms with van der Waals surface area (Å²) in [6.07, 6.45) is 0. The monoisotopic (exact) mass is 556 g/mol. The minimum atomic E-state index is 0.448. The molecule has 4 aromatic carbocycles. The Morgan fingerprint density at radius 2 is 1.02 bits per heavy atom. The molecule has 7 nitrogen and oxygen atoms in total. The fourth-order valence-electron chi connectivity index (χ4n) is 4.38. The summed E-state index contributed by atoms with van der Waals surface area (Å²) in [6.45, 7) is 3.32. The van der Waals surface area contributed by atoms with Gasteiger partial charge >= 0.3 is 0 Å². The van der Waals surface area contributed by atoms with Gasteiger partial charge in [-0.2, -0.15) is 0 Å². The molecule has 4 aromatic rings. The van der Waals surface area contributed by atoms with Gasteiger partial charge in [0.25, 0.3) is 0 Å². The Balaban J connectivity index is 1.35. The molecule has 0 bridgehead atoms. The summed E-state index contributed by atoms with van der Waals surface area (Å²) in [4.78, 5) is 4.47.